The zero-order valence-electron chi connectivity index (χ0n) is 12.6. The topological polar surface area (TPSA) is 77.3 Å². The number of rotatable bonds is 6. The Bertz CT molecular complexity index is 689. The van der Waals surface area contributed by atoms with Gasteiger partial charge in [-0.05, 0) is 35.4 Å². The van der Waals surface area contributed by atoms with Crippen LogP contribution < -0.4 is 9.68 Å². The number of isocyanates is 2. The van der Waals surface area contributed by atoms with Crippen LogP contribution in [0.1, 0.15) is 25.0 Å². The molecular weight excluding hydrogens is 296 g/mol. The van der Waals surface area contributed by atoms with Crippen molar-refractivity contribution in [2.24, 2.45) is 10.3 Å². The zero-order chi connectivity index (χ0) is 16.7. The van der Waals surface area contributed by atoms with Crippen LogP contribution in [0, 0.1) is 0 Å². The van der Waals surface area contributed by atoms with Crippen LogP contribution in [0.5, 0.6) is 11.5 Å². The Morgan fingerprint density at radius 2 is 1.09 bits per heavy atom. The highest BCUT2D eigenvalue weighted by atomic mass is 16.6. The molecule has 0 N–H and O–H groups in total. The van der Waals surface area contributed by atoms with E-state index in [0.29, 0.717) is 11.5 Å². The van der Waals surface area contributed by atoms with Crippen LogP contribution in [0.4, 0.5) is 0 Å². The Kier molecular flexibility index (Phi) is 5.05. The molecule has 2 aromatic carbocycles. The van der Waals surface area contributed by atoms with E-state index in [1.165, 1.54) is 12.2 Å². The molecule has 23 heavy (non-hydrogen) atoms. The first-order chi connectivity index (χ1) is 11.1. The fourth-order valence-corrected chi connectivity index (χ4v) is 2.17. The second-order valence-corrected chi connectivity index (χ2v) is 5.22. The molecule has 0 heterocycles. The molecule has 0 amide bonds. The number of hydrogen-bond donors (Lipinski definition) is 0. The Hall–Kier alpha value is -3.20. The minimum absolute atomic E-state index is 0.265. The predicted octanol–water partition coefficient (Wildman–Crippen LogP) is 3.27. The molecule has 6 nitrogen and oxygen atoms in total. The third-order valence-electron chi connectivity index (χ3n) is 3.53. The minimum atomic E-state index is -0.265. The first-order valence-electron chi connectivity index (χ1n) is 6.77. The van der Waals surface area contributed by atoms with Crippen LogP contribution in [0.15, 0.2) is 58.8 Å². The van der Waals surface area contributed by atoms with Crippen molar-refractivity contribution < 1.29 is 19.3 Å². The van der Waals surface area contributed by atoms with Gasteiger partial charge in [-0.15, -0.1) is 0 Å². The van der Waals surface area contributed by atoms with Crippen molar-refractivity contribution in [2.75, 3.05) is 0 Å². The summed E-state index contributed by atoms with van der Waals surface area (Å²) in [5, 5.41) is 6.14. The summed E-state index contributed by atoms with van der Waals surface area (Å²) >= 11 is 0. The molecule has 0 aliphatic carbocycles. The van der Waals surface area contributed by atoms with Crippen molar-refractivity contribution in [1.82, 2.24) is 0 Å². The van der Waals surface area contributed by atoms with E-state index in [4.69, 9.17) is 9.68 Å². The van der Waals surface area contributed by atoms with Gasteiger partial charge in [-0.25, -0.2) is 9.59 Å². The Morgan fingerprint density at radius 1 is 0.739 bits per heavy atom. The van der Waals surface area contributed by atoms with Gasteiger partial charge in [0, 0.05) is 15.7 Å². The smallest absolute Gasteiger partial charge is 0.277 e. The lowest BCUT2D eigenvalue weighted by Gasteiger charge is -2.26. The standard InChI is InChI=1S/C17H14N2O4/c1-17(2,13-3-7-15(8-4-13)22-18-11-20)14-5-9-16(10-6-14)23-19-12-21/h3-10H,1-2H3. The van der Waals surface area contributed by atoms with Crippen LogP contribution in [-0.4, -0.2) is 12.2 Å². The van der Waals surface area contributed by atoms with Crippen molar-refractivity contribution in [1.29, 1.82) is 0 Å². The molecule has 0 saturated carbocycles. The molecule has 2 aromatic rings. The molecule has 116 valence electrons. The number of benzene rings is 2. The van der Waals surface area contributed by atoms with E-state index in [1.54, 1.807) is 24.3 Å². The van der Waals surface area contributed by atoms with Crippen LogP contribution in [0.2, 0.25) is 0 Å². The molecule has 0 aliphatic heterocycles. The Morgan fingerprint density at radius 3 is 1.39 bits per heavy atom. The van der Waals surface area contributed by atoms with E-state index in [2.05, 4.69) is 24.2 Å². The fourth-order valence-electron chi connectivity index (χ4n) is 2.17. The van der Waals surface area contributed by atoms with E-state index >= 15 is 0 Å². The molecule has 0 spiro atoms. The quantitative estimate of drug-likeness (QED) is 0.466. The summed E-state index contributed by atoms with van der Waals surface area (Å²) in [4.78, 5) is 29.7. The van der Waals surface area contributed by atoms with Gasteiger partial charge in [-0.1, -0.05) is 38.1 Å². The number of carbonyl (C=O) groups excluding carboxylic acids is 2. The maximum Gasteiger partial charge on any atom is 0.277 e. The molecule has 0 unspecified atom stereocenters. The molecular formula is C17H14N2O4. The van der Waals surface area contributed by atoms with Gasteiger partial charge in [0.25, 0.3) is 12.2 Å². The summed E-state index contributed by atoms with van der Waals surface area (Å²) in [6.45, 7) is 4.15. The van der Waals surface area contributed by atoms with Crippen molar-refractivity contribution in [2.45, 2.75) is 19.3 Å². The summed E-state index contributed by atoms with van der Waals surface area (Å²) in [6, 6.07) is 14.5. The predicted molar refractivity (Wildman–Crippen MR) is 82.5 cm³/mol. The van der Waals surface area contributed by atoms with Gasteiger partial charge in [-0.2, -0.15) is 0 Å². The first-order valence-corrected chi connectivity index (χ1v) is 6.77. The Labute approximate surface area is 133 Å². The minimum Gasteiger partial charge on any atom is -0.346 e. The van der Waals surface area contributed by atoms with E-state index < -0.39 is 0 Å². The second kappa shape index (κ2) is 7.18. The normalized spacial score (nSPS) is 10.2. The molecule has 0 fully saturated rings. The van der Waals surface area contributed by atoms with Crippen molar-refractivity contribution in [3.63, 3.8) is 0 Å². The summed E-state index contributed by atoms with van der Waals surface area (Å²) in [7, 11) is 0. The third kappa shape index (κ3) is 3.92. The maximum absolute atomic E-state index is 10.0. The Balaban J connectivity index is 2.22. The largest absolute Gasteiger partial charge is 0.346 e. The van der Waals surface area contributed by atoms with Gasteiger partial charge < -0.3 is 9.68 Å². The summed E-state index contributed by atoms with van der Waals surface area (Å²) in [6.07, 6.45) is 2.63. The first kappa shape index (κ1) is 16.2. The maximum atomic E-state index is 10.0. The van der Waals surface area contributed by atoms with Gasteiger partial charge >= 0.3 is 0 Å². The number of nitrogens with zero attached hydrogens (tertiary/aromatic N) is 2. The second-order valence-electron chi connectivity index (χ2n) is 5.22. The molecule has 0 atom stereocenters. The van der Waals surface area contributed by atoms with Crippen molar-refractivity contribution >= 4 is 12.2 Å². The highest BCUT2D eigenvalue weighted by Crippen LogP contribution is 2.33. The fraction of sp³-hybridized carbons (Fsp3) is 0.176. The van der Waals surface area contributed by atoms with Crippen molar-refractivity contribution in [3.8, 4) is 11.5 Å². The SMILES string of the molecule is CC(C)(c1ccc(ON=C=O)cc1)c1ccc(ON=C=O)cc1. The average molecular weight is 310 g/mol. The lowest BCUT2D eigenvalue weighted by atomic mass is 9.78. The van der Waals surface area contributed by atoms with Crippen LogP contribution in [0.3, 0.4) is 0 Å². The molecule has 0 saturated heterocycles. The van der Waals surface area contributed by atoms with Gasteiger partial charge in [0.05, 0.1) is 0 Å². The van der Waals surface area contributed by atoms with E-state index in [1.807, 2.05) is 24.3 Å². The van der Waals surface area contributed by atoms with Crippen molar-refractivity contribution in [3.05, 3.63) is 59.7 Å². The van der Waals surface area contributed by atoms with Crippen LogP contribution in [0.25, 0.3) is 0 Å². The molecule has 0 bridgehead atoms. The highest BCUT2D eigenvalue weighted by Gasteiger charge is 2.23. The van der Waals surface area contributed by atoms with E-state index in [-0.39, 0.29) is 5.41 Å². The van der Waals surface area contributed by atoms with Gasteiger partial charge in [-0.3, -0.25) is 0 Å². The molecule has 6 heteroatoms. The monoisotopic (exact) mass is 310 g/mol. The molecule has 0 radical (unpaired) electrons. The third-order valence-corrected chi connectivity index (χ3v) is 3.53. The summed E-state index contributed by atoms with van der Waals surface area (Å²) in [5.41, 5.74) is 1.85. The number of hydrogen-bond acceptors (Lipinski definition) is 6. The lowest BCUT2D eigenvalue weighted by Crippen LogP contribution is -2.18. The average Bonchev–Trinajstić information content (AvgIpc) is 2.59. The molecule has 2 rings (SSSR count). The molecule has 0 aliphatic rings. The van der Waals surface area contributed by atoms with E-state index in [9.17, 15) is 9.59 Å². The van der Waals surface area contributed by atoms with Gasteiger partial charge in [0.15, 0.2) is 11.5 Å². The summed E-state index contributed by atoms with van der Waals surface area (Å²) < 4.78 is 0. The lowest BCUT2D eigenvalue weighted by molar-refractivity contribution is 0.336. The van der Waals surface area contributed by atoms with Gasteiger partial charge in [0.1, 0.15) is 0 Å². The highest BCUT2D eigenvalue weighted by molar-refractivity contribution is 5.42. The molecule has 0 aromatic heterocycles. The van der Waals surface area contributed by atoms with E-state index in [0.717, 1.165) is 11.1 Å². The van der Waals surface area contributed by atoms with Crippen LogP contribution in [-0.2, 0) is 15.0 Å². The summed E-state index contributed by atoms with van der Waals surface area (Å²) in [5.74, 6) is 0.923. The van der Waals surface area contributed by atoms with Gasteiger partial charge in [0.2, 0.25) is 0 Å². The zero-order valence-corrected chi connectivity index (χ0v) is 12.6. The van der Waals surface area contributed by atoms with Crippen LogP contribution >= 0.6 is 0 Å².